The van der Waals surface area contributed by atoms with Crippen LogP contribution in [0, 0.1) is 10.1 Å². The van der Waals surface area contributed by atoms with Gasteiger partial charge in [0.05, 0.1) is 21.5 Å². The van der Waals surface area contributed by atoms with Gasteiger partial charge in [-0.2, -0.15) is 0 Å². The van der Waals surface area contributed by atoms with Gasteiger partial charge in [0.1, 0.15) is 6.61 Å². The van der Waals surface area contributed by atoms with Crippen LogP contribution < -0.4 is 9.47 Å². The molecule has 1 aliphatic rings. The first-order chi connectivity index (χ1) is 18.4. The molecule has 0 bridgehead atoms. The van der Waals surface area contributed by atoms with Gasteiger partial charge >= 0.3 is 0 Å². The molecule has 0 N–H and O–H groups in total. The number of non-ortho nitro benzene ring substituents is 1. The normalized spacial score (nSPS) is 14.3. The summed E-state index contributed by atoms with van der Waals surface area (Å²) >= 11 is 7.41. The van der Waals surface area contributed by atoms with Gasteiger partial charge in [0.2, 0.25) is 0 Å². The minimum Gasteiger partial charge on any atom is -0.490 e. The van der Waals surface area contributed by atoms with Gasteiger partial charge in [0.15, 0.2) is 11.5 Å². The van der Waals surface area contributed by atoms with Crippen LogP contribution in [0.3, 0.4) is 0 Å². The van der Waals surface area contributed by atoms with Gasteiger partial charge in [-0.25, -0.2) is 0 Å². The molecular weight excluding hydrogens is 528 g/mol. The lowest BCUT2D eigenvalue weighted by molar-refractivity contribution is -0.384. The van der Waals surface area contributed by atoms with E-state index >= 15 is 0 Å². The fourth-order valence-electron chi connectivity index (χ4n) is 3.87. The summed E-state index contributed by atoms with van der Waals surface area (Å²) in [4.78, 5) is 37.4. The van der Waals surface area contributed by atoms with E-state index in [0.717, 1.165) is 29.3 Å². The maximum absolute atomic E-state index is 12.9. The average Bonchev–Trinajstić information content (AvgIpc) is 3.16. The number of thioether (sulfide) groups is 1. The van der Waals surface area contributed by atoms with Crippen molar-refractivity contribution in [2.45, 2.75) is 26.4 Å². The molecule has 8 nitrogen and oxygen atoms in total. The lowest BCUT2D eigenvalue weighted by atomic mass is 10.1. The second-order valence-electron chi connectivity index (χ2n) is 8.40. The summed E-state index contributed by atoms with van der Waals surface area (Å²) in [6.45, 7) is 2.64. The van der Waals surface area contributed by atoms with Crippen LogP contribution >= 0.6 is 23.4 Å². The fourth-order valence-corrected chi connectivity index (χ4v) is 5.01. The Morgan fingerprint density at radius 3 is 2.45 bits per heavy atom. The predicted molar refractivity (Wildman–Crippen MR) is 147 cm³/mol. The van der Waals surface area contributed by atoms with E-state index in [1.165, 1.54) is 17.0 Å². The summed E-state index contributed by atoms with van der Waals surface area (Å²) in [5, 5.41) is 10.8. The van der Waals surface area contributed by atoms with Gasteiger partial charge < -0.3 is 9.47 Å². The van der Waals surface area contributed by atoms with E-state index in [0.29, 0.717) is 41.5 Å². The molecule has 0 unspecified atom stereocenters. The van der Waals surface area contributed by atoms with Crippen molar-refractivity contribution < 1.29 is 24.0 Å². The standard InChI is InChI=1S/C28H25ClN2O6S/c1-2-36-24-16-21(15-23(29)26(24)37-18-20-10-12-22(13-11-20)31(34)35)17-25-27(32)30(28(33)38-25)14-6-9-19-7-4-3-5-8-19/h3-5,7-8,10-13,15-17H,2,6,9,14,18H2,1H3/b25-17+. The zero-order chi connectivity index (χ0) is 27.1. The quantitative estimate of drug-likeness (QED) is 0.145. The number of hydrogen-bond acceptors (Lipinski definition) is 7. The highest BCUT2D eigenvalue weighted by Gasteiger charge is 2.34. The lowest BCUT2D eigenvalue weighted by Gasteiger charge is -2.15. The molecular formula is C28H25ClN2O6S. The van der Waals surface area contributed by atoms with E-state index in [1.54, 1.807) is 30.3 Å². The highest BCUT2D eigenvalue weighted by Crippen LogP contribution is 2.39. The van der Waals surface area contributed by atoms with Crippen molar-refractivity contribution in [2.75, 3.05) is 13.2 Å². The van der Waals surface area contributed by atoms with Gasteiger partial charge in [-0.15, -0.1) is 0 Å². The number of carbonyl (C=O) groups is 2. The van der Waals surface area contributed by atoms with Crippen molar-refractivity contribution in [3.05, 3.63) is 103 Å². The molecule has 1 aliphatic heterocycles. The van der Waals surface area contributed by atoms with E-state index < -0.39 is 4.92 Å². The molecule has 0 spiro atoms. The Morgan fingerprint density at radius 1 is 1.03 bits per heavy atom. The number of nitro groups is 1. The average molecular weight is 553 g/mol. The highest BCUT2D eigenvalue weighted by atomic mass is 35.5. The van der Waals surface area contributed by atoms with Crippen LogP contribution in [-0.4, -0.2) is 34.1 Å². The van der Waals surface area contributed by atoms with E-state index in [-0.39, 0.29) is 28.5 Å². The van der Waals surface area contributed by atoms with E-state index in [4.69, 9.17) is 21.1 Å². The Bertz CT molecular complexity index is 1360. The molecule has 38 heavy (non-hydrogen) atoms. The molecule has 0 saturated carbocycles. The van der Waals surface area contributed by atoms with Gasteiger partial charge in [-0.05, 0) is 78.6 Å². The molecule has 1 heterocycles. The number of rotatable bonds is 11. The molecule has 10 heteroatoms. The van der Waals surface area contributed by atoms with Gasteiger partial charge in [0.25, 0.3) is 16.8 Å². The Labute approximate surface area is 229 Å². The summed E-state index contributed by atoms with van der Waals surface area (Å²) in [6.07, 6.45) is 3.07. The molecule has 3 aromatic rings. The Hall–Kier alpha value is -3.82. The van der Waals surface area contributed by atoms with Gasteiger partial charge in [-0.1, -0.05) is 41.9 Å². The number of carbonyl (C=O) groups excluding carboxylic acids is 2. The largest absolute Gasteiger partial charge is 0.490 e. The number of benzene rings is 3. The molecule has 0 aromatic heterocycles. The first-order valence-corrected chi connectivity index (χ1v) is 13.2. The van der Waals surface area contributed by atoms with E-state index in [1.807, 2.05) is 37.3 Å². The minimum atomic E-state index is -0.465. The van der Waals surface area contributed by atoms with Crippen LogP contribution in [0.1, 0.15) is 30.0 Å². The molecule has 2 amide bonds. The number of halogens is 1. The van der Waals surface area contributed by atoms with Crippen molar-refractivity contribution >= 4 is 46.3 Å². The smallest absolute Gasteiger partial charge is 0.293 e. The van der Waals surface area contributed by atoms with Crippen molar-refractivity contribution in [1.29, 1.82) is 0 Å². The number of ether oxygens (including phenoxy) is 2. The molecule has 1 saturated heterocycles. The number of amides is 2. The van der Waals surface area contributed by atoms with Crippen LogP contribution in [0.4, 0.5) is 10.5 Å². The fraction of sp³-hybridized carbons (Fsp3) is 0.214. The maximum atomic E-state index is 12.9. The third-order valence-corrected chi connectivity index (χ3v) is 6.91. The van der Waals surface area contributed by atoms with Gasteiger partial charge in [-0.3, -0.25) is 24.6 Å². The number of aryl methyl sites for hydroxylation is 1. The van der Waals surface area contributed by atoms with Crippen LogP contribution in [0.25, 0.3) is 6.08 Å². The first kappa shape index (κ1) is 27.2. The number of nitro benzene ring substituents is 1. The maximum Gasteiger partial charge on any atom is 0.293 e. The summed E-state index contributed by atoms with van der Waals surface area (Å²) in [5.74, 6) is 0.369. The van der Waals surface area contributed by atoms with Crippen molar-refractivity contribution in [2.24, 2.45) is 0 Å². The summed E-state index contributed by atoms with van der Waals surface area (Å²) < 4.78 is 11.6. The van der Waals surface area contributed by atoms with Crippen molar-refractivity contribution in [3.8, 4) is 11.5 Å². The Balaban J connectivity index is 1.45. The van der Waals surface area contributed by atoms with Crippen molar-refractivity contribution in [1.82, 2.24) is 4.90 Å². The van der Waals surface area contributed by atoms with Crippen LogP contribution in [0.15, 0.2) is 71.6 Å². The number of nitrogens with zero attached hydrogens (tertiary/aromatic N) is 2. The van der Waals surface area contributed by atoms with Gasteiger partial charge in [0, 0.05) is 18.7 Å². The molecule has 4 rings (SSSR count). The molecule has 0 atom stereocenters. The topological polar surface area (TPSA) is 99.0 Å². The summed E-state index contributed by atoms with van der Waals surface area (Å²) in [7, 11) is 0. The van der Waals surface area contributed by atoms with Crippen LogP contribution in [0.5, 0.6) is 11.5 Å². The predicted octanol–water partition coefficient (Wildman–Crippen LogP) is 6.90. The second kappa shape index (κ2) is 12.6. The summed E-state index contributed by atoms with van der Waals surface area (Å²) in [5.41, 5.74) is 2.46. The Morgan fingerprint density at radius 2 is 1.76 bits per heavy atom. The van der Waals surface area contributed by atoms with Crippen molar-refractivity contribution in [3.63, 3.8) is 0 Å². The number of hydrogen-bond donors (Lipinski definition) is 0. The molecule has 196 valence electrons. The monoisotopic (exact) mass is 552 g/mol. The molecule has 0 aliphatic carbocycles. The third-order valence-electron chi connectivity index (χ3n) is 5.72. The first-order valence-electron chi connectivity index (χ1n) is 12.0. The Kier molecular flexibility index (Phi) is 9.04. The number of imide groups is 1. The molecule has 3 aromatic carbocycles. The zero-order valence-corrected chi connectivity index (χ0v) is 22.2. The van der Waals surface area contributed by atoms with E-state index in [9.17, 15) is 19.7 Å². The highest BCUT2D eigenvalue weighted by molar-refractivity contribution is 8.18. The minimum absolute atomic E-state index is 0.00764. The second-order valence-corrected chi connectivity index (χ2v) is 9.80. The molecule has 1 fully saturated rings. The lowest BCUT2D eigenvalue weighted by Crippen LogP contribution is -2.29. The third kappa shape index (κ3) is 6.73. The van der Waals surface area contributed by atoms with Crippen LogP contribution in [0.2, 0.25) is 5.02 Å². The summed E-state index contributed by atoms with van der Waals surface area (Å²) in [6, 6.07) is 19.3. The zero-order valence-electron chi connectivity index (χ0n) is 20.6. The SMILES string of the molecule is CCOc1cc(/C=C2/SC(=O)N(CCCc3ccccc3)C2=O)cc(Cl)c1OCc1ccc([N+](=O)[O-])cc1. The van der Waals surface area contributed by atoms with Crippen LogP contribution in [-0.2, 0) is 17.8 Å². The van der Waals surface area contributed by atoms with E-state index in [2.05, 4.69) is 0 Å². The molecule has 0 radical (unpaired) electrons.